The number of hydrogen-bond donors (Lipinski definition) is 2. The van der Waals surface area contributed by atoms with Crippen LogP contribution in [0.3, 0.4) is 0 Å². The summed E-state index contributed by atoms with van der Waals surface area (Å²) in [6.45, 7) is 12.3. The lowest BCUT2D eigenvalue weighted by Gasteiger charge is -2.21. The molecule has 0 heterocycles. The van der Waals surface area contributed by atoms with Crippen LogP contribution >= 0.6 is 0 Å². The van der Waals surface area contributed by atoms with Gasteiger partial charge in [0.25, 0.3) is 0 Å². The SMILES string of the molecule is CCC(=O)O.CCC(=O)OC(=O)CC.CCC(=O)OC(C)(C)C(=O)OC.COC(=O)C(C)(C)O. The molecule has 0 atom stereocenters. The second-order valence-electron chi connectivity index (χ2n) is 7.18. The van der Waals surface area contributed by atoms with Gasteiger partial charge >= 0.3 is 35.8 Å². The standard InChI is InChI=1S/C8H14O4.C6H10O3.C5H10O3.C3H6O2/c1-5-6(9)12-8(2,3)7(10)11-4;1-3-5(7)9-6(8)4-2;1-5(2,7)4(6)8-3;1-2-3(4)5/h5H2,1-4H3;3-4H2,1-2H3;7H,1-3H3;2H2,1H3,(H,4,5). The molecule has 34 heavy (non-hydrogen) atoms. The molecule has 0 aromatic carbocycles. The zero-order chi connectivity index (χ0) is 28.1. The minimum Gasteiger partial charge on any atom is -0.481 e. The normalized spacial score (nSPS) is 9.74. The Hall–Kier alpha value is -3.02. The van der Waals surface area contributed by atoms with Crippen LogP contribution in [0.2, 0.25) is 0 Å². The number of carboxylic acid groups (broad SMARTS) is 1. The minimum absolute atomic E-state index is 0.222. The molecule has 0 aromatic rings. The summed E-state index contributed by atoms with van der Waals surface area (Å²) in [6, 6.07) is 0. The van der Waals surface area contributed by atoms with E-state index >= 15 is 0 Å². The fourth-order valence-corrected chi connectivity index (χ4v) is 1.17. The average Bonchev–Trinajstić information content (AvgIpc) is 2.77. The number of hydrogen-bond acceptors (Lipinski definition) is 11. The summed E-state index contributed by atoms with van der Waals surface area (Å²) in [6.07, 6.45) is 0.984. The van der Waals surface area contributed by atoms with E-state index in [2.05, 4.69) is 14.2 Å². The summed E-state index contributed by atoms with van der Waals surface area (Å²) in [5.74, 6) is -3.24. The molecule has 0 fully saturated rings. The number of aliphatic hydroxyl groups is 1. The van der Waals surface area contributed by atoms with Crippen molar-refractivity contribution in [3.63, 3.8) is 0 Å². The Morgan fingerprint density at radius 2 is 0.971 bits per heavy atom. The van der Waals surface area contributed by atoms with Crippen LogP contribution in [0.1, 0.15) is 81.1 Å². The lowest BCUT2D eigenvalue weighted by atomic mass is 10.1. The lowest BCUT2D eigenvalue weighted by Crippen LogP contribution is -2.37. The van der Waals surface area contributed by atoms with E-state index in [4.69, 9.17) is 14.9 Å². The van der Waals surface area contributed by atoms with Crippen LogP contribution in [-0.2, 0) is 47.7 Å². The largest absolute Gasteiger partial charge is 0.481 e. The molecule has 0 amide bonds. The Balaban J connectivity index is -0.000000184. The maximum atomic E-state index is 11.0. The molecule has 12 heteroatoms. The van der Waals surface area contributed by atoms with Gasteiger partial charge in [-0.05, 0) is 27.7 Å². The first-order valence-electron chi connectivity index (χ1n) is 10.5. The number of carbonyl (C=O) groups excluding carboxylic acids is 5. The lowest BCUT2D eigenvalue weighted by molar-refractivity contribution is -0.176. The quantitative estimate of drug-likeness (QED) is 0.298. The van der Waals surface area contributed by atoms with Crippen LogP contribution in [0.4, 0.5) is 0 Å². The maximum Gasteiger partial charge on any atom is 0.349 e. The van der Waals surface area contributed by atoms with Gasteiger partial charge in [0.15, 0.2) is 5.60 Å². The Morgan fingerprint density at radius 3 is 1.15 bits per heavy atom. The summed E-state index contributed by atoms with van der Waals surface area (Å²) in [5.41, 5.74) is -2.53. The van der Waals surface area contributed by atoms with Gasteiger partial charge in [-0.3, -0.25) is 19.2 Å². The van der Waals surface area contributed by atoms with E-state index in [-0.39, 0.29) is 25.7 Å². The van der Waals surface area contributed by atoms with Crippen molar-refractivity contribution >= 4 is 35.8 Å². The second kappa shape index (κ2) is 20.6. The number of carboxylic acids is 1. The Bertz CT molecular complexity index is 631. The van der Waals surface area contributed by atoms with Gasteiger partial charge < -0.3 is 29.2 Å². The summed E-state index contributed by atoms with van der Waals surface area (Å²) in [5, 5.41) is 16.5. The topological polar surface area (TPSA) is 180 Å². The van der Waals surface area contributed by atoms with E-state index in [0.29, 0.717) is 0 Å². The van der Waals surface area contributed by atoms with Crippen LogP contribution in [0.15, 0.2) is 0 Å². The monoisotopic (exact) mass is 496 g/mol. The molecule has 0 aliphatic rings. The van der Waals surface area contributed by atoms with Crippen molar-refractivity contribution in [1.29, 1.82) is 0 Å². The van der Waals surface area contributed by atoms with Crippen molar-refractivity contribution in [2.45, 2.75) is 92.3 Å². The predicted octanol–water partition coefficient (Wildman–Crippen LogP) is 2.18. The predicted molar refractivity (Wildman–Crippen MR) is 120 cm³/mol. The fraction of sp³-hybridized carbons (Fsp3) is 0.727. The Labute approximate surface area is 200 Å². The second-order valence-corrected chi connectivity index (χ2v) is 7.18. The Morgan fingerprint density at radius 1 is 0.647 bits per heavy atom. The molecular weight excluding hydrogens is 456 g/mol. The molecule has 0 radical (unpaired) electrons. The highest BCUT2D eigenvalue weighted by atomic mass is 16.6. The smallest absolute Gasteiger partial charge is 0.349 e. The average molecular weight is 497 g/mol. The summed E-state index contributed by atoms with van der Waals surface area (Å²) in [4.78, 5) is 62.2. The number of esters is 5. The molecule has 0 aliphatic carbocycles. The van der Waals surface area contributed by atoms with Crippen molar-refractivity contribution in [2.75, 3.05) is 14.2 Å². The van der Waals surface area contributed by atoms with Crippen molar-refractivity contribution in [1.82, 2.24) is 0 Å². The Kier molecular flexibility index (Phi) is 23.2. The van der Waals surface area contributed by atoms with Crippen molar-refractivity contribution in [2.24, 2.45) is 0 Å². The molecule has 0 bridgehead atoms. The van der Waals surface area contributed by atoms with Gasteiger partial charge in [-0.15, -0.1) is 0 Å². The van der Waals surface area contributed by atoms with Gasteiger partial charge in [0, 0.05) is 25.7 Å². The van der Waals surface area contributed by atoms with Crippen molar-refractivity contribution in [3.05, 3.63) is 0 Å². The first kappa shape index (κ1) is 38.3. The molecular formula is C22H40O12. The molecule has 0 aliphatic heterocycles. The number of methoxy groups -OCH3 is 2. The van der Waals surface area contributed by atoms with Gasteiger partial charge in [0.05, 0.1) is 14.2 Å². The molecule has 0 rings (SSSR count). The third kappa shape index (κ3) is 25.2. The molecule has 0 saturated heterocycles. The molecule has 0 spiro atoms. The molecule has 12 nitrogen and oxygen atoms in total. The van der Waals surface area contributed by atoms with Gasteiger partial charge in [0.2, 0.25) is 5.60 Å². The highest BCUT2D eigenvalue weighted by Gasteiger charge is 2.32. The number of aliphatic carboxylic acids is 1. The van der Waals surface area contributed by atoms with Crippen LogP contribution in [0, 0.1) is 0 Å². The van der Waals surface area contributed by atoms with Crippen LogP contribution < -0.4 is 0 Å². The first-order valence-corrected chi connectivity index (χ1v) is 10.5. The van der Waals surface area contributed by atoms with Gasteiger partial charge in [-0.25, -0.2) is 9.59 Å². The van der Waals surface area contributed by atoms with E-state index in [1.54, 1.807) is 27.7 Å². The number of rotatable bonds is 7. The summed E-state index contributed by atoms with van der Waals surface area (Å²) < 4.78 is 17.8. The van der Waals surface area contributed by atoms with Crippen molar-refractivity contribution < 1.29 is 57.9 Å². The molecule has 2 N–H and O–H groups in total. The zero-order valence-corrected chi connectivity index (χ0v) is 21.8. The van der Waals surface area contributed by atoms with Gasteiger partial charge in [-0.1, -0.05) is 27.7 Å². The van der Waals surface area contributed by atoms with Crippen LogP contribution in [0.5, 0.6) is 0 Å². The third-order valence-electron chi connectivity index (χ3n) is 3.13. The molecule has 0 saturated carbocycles. The van der Waals surface area contributed by atoms with E-state index in [1.807, 2.05) is 0 Å². The highest BCUT2D eigenvalue weighted by Crippen LogP contribution is 2.11. The van der Waals surface area contributed by atoms with E-state index < -0.39 is 47.0 Å². The van der Waals surface area contributed by atoms with Crippen LogP contribution in [-0.4, -0.2) is 71.5 Å². The highest BCUT2D eigenvalue weighted by molar-refractivity contribution is 5.85. The number of ether oxygens (including phenoxy) is 4. The third-order valence-corrected chi connectivity index (χ3v) is 3.13. The van der Waals surface area contributed by atoms with Crippen molar-refractivity contribution in [3.8, 4) is 0 Å². The van der Waals surface area contributed by atoms with E-state index in [0.717, 1.165) is 0 Å². The molecule has 0 unspecified atom stereocenters. The summed E-state index contributed by atoms with van der Waals surface area (Å²) in [7, 11) is 2.49. The zero-order valence-electron chi connectivity index (χ0n) is 21.8. The van der Waals surface area contributed by atoms with Gasteiger partial charge in [-0.2, -0.15) is 0 Å². The minimum atomic E-state index is -1.35. The number of carbonyl (C=O) groups is 6. The molecule has 0 aromatic heterocycles. The fourth-order valence-electron chi connectivity index (χ4n) is 1.17. The van der Waals surface area contributed by atoms with Gasteiger partial charge in [0.1, 0.15) is 0 Å². The van der Waals surface area contributed by atoms with E-state index in [9.17, 15) is 28.8 Å². The van der Waals surface area contributed by atoms with Crippen LogP contribution in [0.25, 0.3) is 0 Å². The van der Waals surface area contributed by atoms with E-state index in [1.165, 1.54) is 41.9 Å². The first-order chi connectivity index (χ1) is 15.4. The maximum absolute atomic E-state index is 11.0. The summed E-state index contributed by atoms with van der Waals surface area (Å²) >= 11 is 0. The molecule has 200 valence electrons.